The van der Waals surface area contributed by atoms with E-state index >= 15 is 0 Å². The van der Waals surface area contributed by atoms with E-state index in [1.54, 1.807) is 0 Å². The van der Waals surface area contributed by atoms with Crippen LogP contribution in [0.4, 0.5) is 0 Å². The van der Waals surface area contributed by atoms with Gasteiger partial charge in [0.05, 0.1) is 5.52 Å². The molecule has 0 spiro atoms. The second kappa shape index (κ2) is 11.5. The van der Waals surface area contributed by atoms with Gasteiger partial charge in [0.25, 0.3) is 0 Å². The number of ether oxygens (including phenoxy) is 1. The predicted octanol–water partition coefficient (Wildman–Crippen LogP) is 5.25. The molecule has 1 aliphatic carbocycles. The van der Waals surface area contributed by atoms with Crippen molar-refractivity contribution < 1.29 is 9.53 Å². The van der Waals surface area contributed by atoms with Crippen LogP contribution < -0.4 is 5.43 Å². The fourth-order valence-electron chi connectivity index (χ4n) is 4.70. The molecule has 2 aromatic carbocycles. The van der Waals surface area contributed by atoms with E-state index in [9.17, 15) is 9.59 Å². The Bertz CT molecular complexity index is 1140. The van der Waals surface area contributed by atoms with Gasteiger partial charge in [0.1, 0.15) is 12.3 Å². The van der Waals surface area contributed by atoms with Crippen LogP contribution in [0.2, 0.25) is 0 Å². The van der Waals surface area contributed by atoms with Crippen molar-refractivity contribution in [1.82, 2.24) is 9.47 Å². The zero-order valence-corrected chi connectivity index (χ0v) is 20.3. The number of benzene rings is 2. The topological polar surface area (TPSA) is 51.5 Å². The minimum atomic E-state index is -0.427. The molecular formula is C27H33ClN2O3. The van der Waals surface area contributed by atoms with Crippen molar-refractivity contribution in [3.05, 3.63) is 76.1 Å². The molecule has 0 saturated heterocycles. The number of fused-ring (bicyclic) bond motifs is 1. The number of nitrogens with zero attached hydrogens (tertiary/aromatic N) is 2. The van der Waals surface area contributed by atoms with E-state index in [4.69, 9.17) is 4.74 Å². The second-order valence-corrected chi connectivity index (χ2v) is 8.99. The van der Waals surface area contributed by atoms with Crippen molar-refractivity contribution in [1.29, 1.82) is 0 Å². The maximum Gasteiger partial charge on any atom is 0.355 e. The molecule has 5 nitrogen and oxygen atoms in total. The molecule has 4 rings (SSSR count). The summed E-state index contributed by atoms with van der Waals surface area (Å²) in [6.45, 7) is 0.914. The number of halogens is 1. The van der Waals surface area contributed by atoms with E-state index in [2.05, 4.69) is 0 Å². The van der Waals surface area contributed by atoms with Crippen LogP contribution in [0.25, 0.3) is 16.6 Å². The standard InChI is InChI=1S/C27H32N2O3.ClH/c1-28(2)17-18-32-27(31)25-23(19-20-11-5-3-6-12-20)26(30)22-15-9-10-16-24(22)29(25)21-13-7-4-8-14-21;/h4,7-10,13-16,20H,3,5-6,11-12,17-19H2,1-2H3;1H. The summed E-state index contributed by atoms with van der Waals surface area (Å²) in [5.74, 6) is -0.000439. The fraction of sp³-hybridized carbons (Fsp3) is 0.407. The summed E-state index contributed by atoms with van der Waals surface area (Å²) in [6.07, 6.45) is 6.46. The zero-order chi connectivity index (χ0) is 22.5. The zero-order valence-electron chi connectivity index (χ0n) is 19.5. The number of esters is 1. The molecule has 6 heteroatoms. The Balaban J connectivity index is 0.00000306. The number of hydrogen-bond donors (Lipinski definition) is 0. The van der Waals surface area contributed by atoms with Crippen LogP contribution in [0.3, 0.4) is 0 Å². The first kappa shape index (κ1) is 25.0. The molecule has 0 unspecified atom stereocenters. The maximum atomic E-state index is 13.7. The molecule has 0 amide bonds. The highest BCUT2D eigenvalue weighted by molar-refractivity contribution is 5.95. The van der Waals surface area contributed by atoms with Crippen LogP contribution in [0.15, 0.2) is 59.4 Å². The minimum Gasteiger partial charge on any atom is -0.460 e. The Hall–Kier alpha value is -2.63. The molecule has 0 bridgehead atoms. The number of carbonyl (C=O) groups excluding carboxylic acids is 1. The summed E-state index contributed by atoms with van der Waals surface area (Å²) in [5.41, 5.74) is 2.51. The Morgan fingerprint density at radius 2 is 1.67 bits per heavy atom. The van der Waals surface area contributed by atoms with Gasteiger partial charge in [0.2, 0.25) is 0 Å². The maximum absolute atomic E-state index is 13.7. The number of hydrogen-bond acceptors (Lipinski definition) is 4. The smallest absolute Gasteiger partial charge is 0.355 e. The number of likely N-dealkylation sites (N-methyl/N-ethyl adjacent to an activating group) is 1. The Labute approximate surface area is 201 Å². The lowest BCUT2D eigenvalue weighted by molar-refractivity contribution is 0.0470. The first-order valence-corrected chi connectivity index (χ1v) is 11.6. The molecule has 1 saturated carbocycles. The van der Waals surface area contributed by atoms with Gasteiger partial charge < -0.3 is 14.2 Å². The highest BCUT2D eigenvalue weighted by atomic mass is 35.5. The van der Waals surface area contributed by atoms with Gasteiger partial charge in [-0.1, -0.05) is 62.4 Å². The van der Waals surface area contributed by atoms with Gasteiger partial charge in [-0.05, 0) is 50.7 Å². The molecule has 0 N–H and O–H groups in total. The Kier molecular flexibility index (Phi) is 8.70. The molecule has 1 aliphatic rings. The lowest BCUT2D eigenvalue weighted by atomic mass is 9.84. The van der Waals surface area contributed by atoms with E-state index in [1.807, 2.05) is 78.2 Å². The van der Waals surface area contributed by atoms with Gasteiger partial charge in [-0.3, -0.25) is 4.79 Å². The highest BCUT2D eigenvalue weighted by Gasteiger charge is 2.27. The molecule has 0 radical (unpaired) electrons. The third-order valence-electron chi connectivity index (χ3n) is 6.37. The average molecular weight is 469 g/mol. The summed E-state index contributed by atoms with van der Waals surface area (Å²) in [7, 11) is 3.89. The summed E-state index contributed by atoms with van der Waals surface area (Å²) in [5, 5.41) is 0.645. The van der Waals surface area contributed by atoms with Crippen LogP contribution in [0.5, 0.6) is 0 Å². The predicted molar refractivity (Wildman–Crippen MR) is 136 cm³/mol. The van der Waals surface area contributed by atoms with E-state index < -0.39 is 5.97 Å². The van der Waals surface area contributed by atoms with Gasteiger partial charge in [-0.15, -0.1) is 12.4 Å². The molecular weight excluding hydrogens is 436 g/mol. The Morgan fingerprint density at radius 1 is 1.00 bits per heavy atom. The summed E-state index contributed by atoms with van der Waals surface area (Å²) < 4.78 is 7.62. The molecule has 0 aliphatic heterocycles. The van der Waals surface area contributed by atoms with E-state index in [1.165, 1.54) is 19.3 Å². The van der Waals surface area contributed by atoms with Crippen molar-refractivity contribution in [3.63, 3.8) is 0 Å². The number of aromatic nitrogens is 1. The summed E-state index contributed by atoms with van der Waals surface area (Å²) in [6, 6.07) is 17.4. The second-order valence-electron chi connectivity index (χ2n) is 8.99. The third kappa shape index (κ3) is 5.66. The lowest BCUT2D eigenvalue weighted by Crippen LogP contribution is -2.28. The molecule has 1 fully saturated rings. The molecule has 3 aromatic rings. The minimum absolute atomic E-state index is 0. The highest BCUT2D eigenvalue weighted by Crippen LogP contribution is 2.29. The summed E-state index contributed by atoms with van der Waals surface area (Å²) >= 11 is 0. The lowest BCUT2D eigenvalue weighted by Gasteiger charge is -2.25. The van der Waals surface area contributed by atoms with Crippen LogP contribution in [-0.4, -0.2) is 42.7 Å². The molecule has 176 valence electrons. The van der Waals surface area contributed by atoms with E-state index in [-0.39, 0.29) is 24.4 Å². The van der Waals surface area contributed by atoms with E-state index in [0.29, 0.717) is 35.5 Å². The van der Waals surface area contributed by atoms with Gasteiger partial charge >= 0.3 is 5.97 Å². The first-order valence-electron chi connectivity index (χ1n) is 11.6. The molecule has 1 aromatic heterocycles. The molecule has 0 atom stereocenters. The van der Waals surface area contributed by atoms with Crippen molar-refractivity contribution in [3.8, 4) is 5.69 Å². The van der Waals surface area contributed by atoms with E-state index in [0.717, 1.165) is 24.0 Å². The van der Waals surface area contributed by atoms with Crippen molar-refractivity contribution in [2.24, 2.45) is 5.92 Å². The number of para-hydroxylation sites is 2. The SMILES string of the molecule is CN(C)CCOC(=O)c1c(CC2CCCCC2)c(=O)c2ccccc2n1-c1ccccc1.Cl. The van der Waals surface area contributed by atoms with Crippen LogP contribution >= 0.6 is 12.4 Å². The van der Waals surface area contributed by atoms with Crippen molar-refractivity contribution in [2.45, 2.75) is 38.5 Å². The average Bonchev–Trinajstić information content (AvgIpc) is 2.81. The molecule has 33 heavy (non-hydrogen) atoms. The third-order valence-corrected chi connectivity index (χ3v) is 6.37. The largest absolute Gasteiger partial charge is 0.460 e. The van der Waals surface area contributed by atoms with Gasteiger partial charge in [-0.2, -0.15) is 0 Å². The number of pyridine rings is 1. The van der Waals surface area contributed by atoms with Crippen LogP contribution in [0, 0.1) is 5.92 Å². The van der Waals surface area contributed by atoms with Gasteiger partial charge in [-0.25, -0.2) is 4.79 Å². The van der Waals surface area contributed by atoms with Gasteiger partial charge in [0, 0.05) is 23.2 Å². The Morgan fingerprint density at radius 3 is 2.36 bits per heavy atom. The van der Waals surface area contributed by atoms with Crippen LogP contribution in [-0.2, 0) is 11.2 Å². The van der Waals surface area contributed by atoms with Crippen molar-refractivity contribution in [2.75, 3.05) is 27.2 Å². The quantitative estimate of drug-likeness (QED) is 0.444. The molecule has 1 heterocycles. The summed E-state index contributed by atoms with van der Waals surface area (Å²) in [4.78, 5) is 29.1. The van der Waals surface area contributed by atoms with Gasteiger partial charge in [0.15, 0.2) is 5.43 Å². The number of rotatable bonds is 7. The monoisotopic (exact) mass is 468 g/mol. The van der Waals surface area contributed by atoms with Crippen LogP contribution in [0.1, 0.15) is 48.2 Å². The number of carbonyl (C=O) groups is 1. The normalized spacial score (nSPS) is 14.3. The first-order chi connectivity index (χ1) is 15.6. The van der Waals surface area contributed by atoms with Crippen molar-refractivity contribution >= 4 is 29.3 Å². The fourth-order valence-corrected chi connectivity index (χ4v) is 4.70.